The van der Waals surface area contributed by atoms with Gasteiger partial charge in [0, 0.05) is 11.3 Å². The van der Waals surface area contributed by atoms with E-state index in [-0.39, 0.29) is 5.88 Å². The Kier molecular flexibility index (Phi) is 4.56. The summed E-state index contributed by atoms with van der Waals surface area (Å²) in [6.07, 6.45) is 0. The summed E-state index contributed by atoms with van der Waals surface area (Å²) >= 11 is 0. The van der Waals surface area contributed by atoms with Crippen LogP contribution in [0.5, 0.6) is 5.88 Å². The molecule has 0 fully saturated rings. The number of hydrogen-bond acceptors (Lipinski definition) is 5. The van der Waals surface area contributed by atoms with Crippen molar-refractivity contribution >= 4 is 0 Å². The summed E-state index contributed by atoms with van der Waals surface area (Å²) in [6.45, 7) is 5.90. The smallest absolute Gasteiger partial charge is 0.229 e. The first kappa shape index (κ1) is 19.6. The van der Waals surface area contributed by atoms with Crippen LogP contribution in [0.15, 0.2) is 72.1 Å². The molecule has 2 N–H and O–H groups in total. The summed E-state index contributed by atoms with van der Waals surface area (Å²) < 4.78 is 9.62. The Bertz CT molecular complexity index is 1390. The van der Waals surface area contributed by atoms with Crippen molar-refractivity contribution in [1.82, 2.24) is 19.6 Å². The van der Waals surface area contributed by atoms with E-state index in [1.54, 1.807) is 4.68 Å². The molecule has 1 aliphatic rings. The lowest BCUT2D eigenvalue weighted by atomic mass is 9.83. The molecular weight excluding hydrogens is 400 g/mol. The number of nitrogens with zero attached hydrogens (tertiary/aromatic N) is 5. The van der Waals surface area contributed by atoms with E-state index in [1.807, 2.05) is 86.1 Å². The molecule has 0 saturated heterocycles. The third-order valence-corrected chi connectivity index (χ3v) is 5.87. The summed E-state index contributed by atoms with van der Waals surface area (Å²) in [5.74, 6) is 0.202. The van der Waals surface area contributed by atoms with Gasteiger partial charge in [-0.25, -0.2) is 9.36 Å². The fourth-order valence-corrected chi connectivity index (χ4v) is 4.44. The van der Waals surface area contributed by atoms with Crippen molar-refractivity contribution in [3.8, 4) is 23.3 Å². The molecule has 5 rings (SSSR count). The zero-order valence-corrected chi connectivity index (χ0v) is 18.1. The second kappa shape index (κ2) is 7.43. The zero-order valence-electron chi connectivity index (χ0n) is 18.1. The van der Waals surface area contributed by atoms with Gasteiger partial charge in [-0.15, -0.1) is 0 Å². The minimum absolute atomic E-state index is 0.0911. The average Bonchev–Trinajstić information content (AvgIpc) is 3.29. The van der Waals surface area contributed by atoms with Crippen molar-refractivity contribution in [3.63, 3.8) is 0 Å². The van der Waals surface area contributed by atoms with Crippen LogP contribution >= 0.6 is 0 Å². The Morgan fingerprint density at radius 2 is 1.38 bits per heavy atom. The van der Waals surface area contributed by atoms with Crippen molar-refractivity contribution < 1.29 is 4.74 Å². The number of aromatic nitrogens is 4. The fourth-order valence-electron chi connectivity index (χ4n) is 4.44. The molecule has 1 aliphatic heterocycles. The lowest BCUT2D eigenvalue weighted by molar-refractivity contribution is 0.367. The van der Waals surface area contributed by atoms with E-state index in [0.717, 1.165) is 39.6 Å². The van der Waals surface area contributed by atoms with Crippen LogP contribution < -0.4 is 10.5 Å². The van der Waals surface area contributed by atoms with Gasteiger partial charge >= 0.3 is 0 Å². The highest BCUT2D eigenvalue weighted by Gasteiger charge is 2.39. The topological polar surface area (TPSA) is 94.7 Å². The number of ether oxygens (including phenoxy) is 1. The van der Waals surface area contributed by atoms with Gasteiger partial charge in [0.1, 0.15) is 11.6 Å². The molecule has 158 valence electrons. The predicted molar refractivity (Wildman–Crippen MR) is 121 cm³/mol. The SMILES string of the molecule is Cc1nn(-c2ccccc2)c(C)c1C1C(C#N)=C(N)Oc2c1c(C)nn2-c1ccccc1. The quantitative estimate of drug-likeness (QED) is 0.534. The van der Waals surface area contributed by atoms with Crippen LogP contribution in [0, 0.1) is 32.1 Å². The molecule has 7 nitrogen and oxygen atoms in total. The number of hydrogen-bond donors (Lipinski definition) is 1. The highest BCUT2D eigenvalue weighted by Crippen LogP contribution is 2.46. The number of fused-ring (bicyclic) bond motifs is 1. The fraction of sp³-hybridized carbons (Fsp3) is 0.160. The lowest BCUT2D eigenvalue weighted by Crippen LogP contribution is -2.22. The molecule has 0 bridgehead atoms. The van der Waals surface area contributed by atoms with Gasteiger partial charge in [-0.1, -0.05) is 36.4 Å². The van der Waals surface area contributed by atoms with Crippen molar-refractivity contribution in [2.75, 3.05) is 0 Å². The van der Waals surface area contributed by atoms with Crippen LogP contribution in [-0.2, 0) is 0 Å². The molecule has 7 heteroatoms. The summed E-state index contributed by atoms with van der Waals surface area (Å²) in [7, 11) is 0. The highest BCUT2D eigenvalue weighted by molar-refractivity contribution is 5.59. The molecule has 0 spiro atoms. The Morgan fingerprint density at radius 3 is 1.97 bits per heavy atom. The van der Waals surface area contributed by atoms with Gasteiger partial charge in [0.2, 0.25) is 11.8 Å². The van der Waals surface area contributed by atoms with Crippen LogP contribution in [0.1, 0.15) is 34.1 Å². The second-order valence-electron chi connectivity index (χ2n) is 7.81. The number of para-hydroxylation sites is 2. The molecule has 2 aromatic carbocycles. The van der Waals surface area contributed by atoms with E-state index in [4.69, 9.17) is 20.7 Å². The van der Waals surface area contributed by atoms with Gasteiger partial charge in [0.05, 0.1) is 34.2 Å². The van der Waals surface area contributed by atoms with E-state index < -0.39 is 5.92 Å². The van der Waals surface area contributed by atoms with Gasteiger partial charge in [-0.3, -0.25) is 0 Å². The molecule has 32 heavy (non-hydrogen) atoms. The Hall–Kier alpha value is -4.31. The van der Waals surface area contributed by atoms with E-state index in [0.29, 0.717) is 11.5 Å². The third kappa shape index (κ3) is 2.88. The molecule has 0 aliphatic carbocycles. The summed E-state index contributed by atoms with van der Waals surface area (Å²) in [5, 5.41) is 19.5. The number of allylic oxidation sites excluding steroid dienone is 1. The summed E-state index contributed by atoms with van der Waals surface area (Å²) in [5.41, 5.74) is 12.8. The third-order valence-electron chi connectivity index (χ3n) is 5.87. The molecule has 0 amide bonds. The summed E-state index contributed by atoms with van der Waals surface area (Å²) in [6, 6.07) is 22.0. The number of benzene rings is 2. The zero-order chi connectivity index (χ0) is 22.4. The maximum Gasteiger partial charge on any atom is 0.229 e. The Morgan fingerprint density at radius 1 is 0.844 bits per heavy atom. The van der Waals surface area contributed by atoms with E-state index >= 15 is 0 Å². The molecule has 0 saturated carbocycles. The number of rotatable bonds is 3. The largest absolute Gasteiger partial charge is 0.422 e. The van der Waals surface area contributed by atoms with Gasteiger partial charge < -0.3 is 10.5 Å². The van der Waals surface area contributed by atoms with Crippen LogP contribution in [0.2, 0.25) is 0 Å². The van der Waals surface area contributed by atoms with Gasteiger partial charge in [-0.2, -0.15) is 15.5 Å². The van der Waals surface area contributed by atoms with Crippen molar-refractivity contribution in [1.29, 1.82) is 5.26 Å². The molecule has 4 aromatic rings. The average molecular weight is 422 g/mol. The first-order chi connectivity index (χ1) is 15.5. The maximum absolute atomic E-state index is 10.0. The predicted octanol–water partition coefficient (Wildman–Crippen LogP) is 4.20. The summed E-state index contributed by atoms with van der Waals surface area (Å²) in [4.78, 5) is 0. The van der Waals surface area contributed by atoms with Crippen LogP contribution in [0.3, 0.4) is 0 Å². The number of aryl methyl sites for hydroxylation is 2. The molecule has 3 heterocycles. The molecule has 2 aromatic heterocycles. The number of nitriles is 1. The monoisotopic (exact) mass is 422 g/mol. The Balaban J connectivity index is 1.75. The van der Waals surface area contributed by atoms with Gasteiger partial charge in [-0.05, 0) is 45.0 Å². The maximum atomic E-state index is 10.0. The van der Waals surface area contributed by atoms with Crippen molar-refractivity contribution in [3.05, 3.63) is 100 Å². The van der Waals surface area contributed by atoms with Crippen molar-refractivity contribution in [2.24, 2.45) is 5.73 Å². The second-order valence-corrected chi connectivity index (χ2v) is 7.81. The Labute approximate surface area is 186 Å². The van der Waals surface area contributed by atoms with Crippen molar-refractivity contribution in [2.45, 2.75) is 26.7 Å². The van der Waals surface area contributed by atoms with Gasteiger partial charge in [0.25, 0.3) is 0 Å². The van der Waals surface area contributed by atoms with Crippen LogP contribution in [0.25, 0.3) is 11.4 Å². The molecular formula is C25H22N6O. The van der Waals surface area contributed by atoms with E-state index in [1.165, 1.54) is 0 Å². The molecule has 1 unspecified atom stereocenters. The highest BCUT2D eigenvalue weighted by atomic mass is 16.5. The standard InChI is InChI=1S/C25H22N6O/c1-15-21(17(3)30(28-15)18-10-6-4-7-11-18)23-20(14-26)24(27)32-25-22(23)16(2)29-31(25)19-12-8-5-9-13-19/h4-13,23H,27H2,1-3H3. The minimum atomic E-state index is -0.418. The molecule has 1 atom stereocenters. The van der Waals surface area contributed by atoms with E-state index in [9.17, 15) is 5.26 Å². The van der Waals surface area contributed by atoms with Crippen LogP contribution in [0.4, 0.5) is 0 Å². The molecule has 0 radical (unpaired) electrons. The minimum Gasteiger partial charge on any atom is -0.422 e. The first-order valence-electron chi connectivity index (χ1n) is 10.3. The van der Waals surface area contributed by atoms with Gasteiger partial charge in [0.15, 0.2) is 0 Å². The lowest BCUT2D eigenvalue weighted by Gasteiger charge is -2.25. The van der Waals surface area contributed by atoms with Crippen LogP contribution in [-0.4, -0.2) is 19.6 Å². The van der Waals surface area contributed by atoms with E-state index in [2.05, 4.69) is 6.07 Å². The number of nitrogens with two attached hydrogens (primary N) is 1. The first-order valence-corrected chi connectivity index (χ1v) is 10.3. The normalized spacial score (nSPS) is 15.2.